The van der Waals surface area contributed by atoms with E-state index in [2.05, 4.69) is 5.32 Å². The lowest BCUT2D eigenvalue weighted by Gasteiger charge is -2.27. The molecule has 1 fully saturated rings. The van der Waals surface area contributed by atoms with Crippen LogP contribution in [-0.2, 0) is 9.59 Å². The van der Waals surface area contributed by atoms with Crippen molar-refractivity contribution in [1.29, 1.82) is 0 Å². The SMILES string of the molecule is O=C([O-])[C@@H]1[C@H](C(=O)Nc2ccc(Oc3ccccc3)cc2)[C@H]2C=C[C@H]1C2. The fourth-order valence-electron chi connectivity index (χ4n) is 3.96. The number of benzene rings is 2. The van der Waals surface area contributed by atoms with Gasteiger partial charge in [0.1, 0.15) is 11.5 Å². The van der Waals surface area contributed by atoms with Gasteiger partial charge in [-0.3, -0.25) is 4.79 Å². The van der Waals surface area contributed by atoms with Gasteiger partial charge in [-0.1, -0.05) is 30.4 Å². The third-order valence-corrected chi connectivity index (χ3v) is 5.13. The molecule has 2 aliphatic carbocycles. The van der Waals surface area contributed by atoms with E-state index >= 15 is 0 Å². The number of carboxylic acid groups (broad SMARTS) is 1. The highest BCUT2D eigenvalue weighted by Crippen LogP contribution is 2.48. The number of aliphatic carboxylic acids is 1. The van der Waals surface area contributed by atoms with Crippen molar-refractivity contribution < 1.29 is 19.4 Å². The molecule has 4 rings (SSSR count). The van der Waals surface area contributed by atoms with Crippen LogP contribution >= 0.6 is 0 Å². The van der Waals surface area contributed by atoms with Crippen molar-refractivity contribution in [3.63, 3.8) is 0 Å². The molecule has 0 aliphatic heterocycles. The van der Waals surface area contributed by atoms with Crippen molar-refractivity contribution in [2.45, 2.75) is 6.42 Å². The maximum absolute atomic E-state index is 12.6. The smallest absolute Gasteiger partial charge is 0.228 e. The summed E-state index contributed by atoms with van der Waals surface area (Å²) in [7, 11) is 0. The minimum Gasteiger partial charge on any atom is -0.550 e. The molecule has 1 saturated carbocycles. The summed E-state index contributed by atoms with van der Waals surface area (Å²) in [6, 6.07) is 16.4. The number of fused-ring (bicyclic) bond motifs is 2. The summed E-state index contributed by atoms with van der Waals surface area (Å²) in [6.07, 6.45) is 4.55. The number of carbonyl (C=O) groups excluding carboxylic acids is 2. The van der Waals surface area contributed by atoms with Crippen LogP contribution in [0.3, 0.4) is 0 Å². The van der Waals surface area contributed by atoms with Gasteiger partial charge in [0.2, 0.25) is 5.91 Å². The molecule has 132 valence electrons. The van der Waals surface area contributed by atoms with Crippen molar-refractivity contribution in [3.8, 4) is 11.5 Å². The molecule has 1 amide bonds. The number of amides is 1. The number of para-hydroxylation sites is 1. The average Bonchev–Trinajstić information content (AvgIpc) is 3.25. The number of anilines is 1. The number of nitrogens with one attached hydrogen (secondary N) is 1. The van der Waals surface area contributed by atoms with E-state index in [9.17, 15) is 14.7 Å². The second-order valence-electron chi connectivity index (χ2n) is 6.75. The Hall–Kier alpha value is -3.08. The monoisotopic (exact) mass is 348 g/mol. The Kier molecular flexibility index (Phi) is 4.21. The maximum Gasteiger partial charge on any atom is 0.228 e. The van der Waals surface area contributed by atoms with Crippen LogP contribution in [-0.4, -0.2) is 11.9 Å². The van der Waals surface area contributed by atoms with E-state index in [-0.39, 0.29) is 17.7 Å². The van der Waals surface area contributed by atoms with E-state index in [4.69, 9.17) is 4.74 Å². The number of hydrogen-bond donors (Lipinski definition) is 1. The first-order chi connectivity index (χ1) is 12.6. The molecular weight excluding hydrogens is 330 g/mol. The minimum atomic E-state index is -1.14. The van der Waals surface area contributed by atoms with Crippen molar-refractivity contribution in [2.75, 3.05) is 5.32 Å². The van der Waals surface area contributed by atoms with Gasteiger partial charge in [-0.15, -0.1) is 0 Å². The molecule has 1 N–H and O–H groups in total. The van der Waals surface area contributed by atoms with Crippen LogP contribution in [0.4, 0.5) is 5.69 Å². The molecule has 2 bridgehead atoms. The topological polar surface area (TPSA) is 78.5 Å². The summed E-state index contributed by atoms with van der Waals surface area (Å²) >= 11 is 0. The average molecular weight is 348 g/mol. The zero-order valence-corrected chi connectivity index (χ0v) is 14.0. The summed E-state index contributed by atoms with van der Waals surface area (Å²) < 4.78 is 5.72. The molecule has 26 heavy (non-hydrogen) atoms. The van der Waals surface area contributed by atoms with Gasteiger partial charge in [-0.25, -0.2) is 0 Å². The predicted octanol–water partition coefficient (Wildman–Crippen LogP) is 2.61. The lowest BCUT2D eigenvalue weighted by Crippen LogP contribution is -2.42. The lowest BCUT2D eigenvalue weighted by atomic mass is 9.82. The quantitative estimate of drug-likeness (QED) is 0.843. The maximum atomic E-state index is 12.6. The number of carbonyl (C=O) groups is 2. The van der Waals surface area contributed by atoms with E-state index in [0.717, 1.165) is 5.75 Å². The van der Waals surface area contributed by atoms with Crippen LogP contribution in [0.5, 0.6) is 11.5 Å². The lowest BCUT2D eigenvalue weighted by molar-refractivity contribution is -0.313. The Morgan fingerprint density at radius 2 is 1.50 bits per heavy atom. The molecule has 5 nitrogen and oxygen atoms in total. The molecule has 5 heteroatoms. The zero-order chi connectivity index (χ0) is 18.1. The molecule has 0 heterocycles. The highest BCUT2D eigenvalue weighted by Gasteiger charge is 2.48. The number of rotatable bonds is 5. The van der Waals surface area contributed by atoms with Crippen LogP contribution in [0.1, 0.15) is 6.42 Å². The predicted molar refractivity (Wildman–Crippen MR) is 94.3 cm³/mol. The Balaban J connectivity index is 1.43. The van der Waals surface area contributed by atoms with Gasteiger partial charge in [0.25, 0.3) is 0 Å². The van der Waals surface area contributed by atoms with E-state index < -0.39 is 17.8 Å². The van der Waals surface area contributed by atoms with Crippen molar-refractivity contribution >= 4 is 17.6 Å². The van der Waals surface area contributed by atoms with Gasteiger partial charge in [-0.05, 0) is 54.7 Å². The fraction of sp³-hybridized carbons (Fsp3) is 0.238. The van der Waals surface area contributed by atoms with Crippen LogP contribution in [0, 0.1) is 23.7 Å². The molecule has 0 unspecified atom stereocenters. The summed E-state index contributed by atoms with van der Waals surface area (Å²) in [4.78, 5) is 24.1. The normalized spacial score (nSPS) is 25.8. The highest BCUT2D eigenvalue weighted by molar-refractivity contribution is 5.96. The first-order valence-corrected chi connectivity index (χ1v) is 8.65. The fourth-order valence-corrected chi connectivity index (χ4v) is 3.96. The van der Waals surface area contributed by atoms with Gasteiger partial charge < -0.3 is 20.0 Å². The number of ether oxygens (including phenoxy) is 1. The van der Waals surface area contributed by atoms with Crippen molar-refractivity contribution in [2.24, 2.45) is 23.7 Å². The minimum absolute atomic E-state index is 0.0245. The van der Waals surface area contributed by atoms with Gasteiger partial charge in [0.05, 0.1) is 5.92 Å². The molecule has 0 radical (unpaired) electrons. The molecule has 4 atom stereocenters. The summed E-state index contributed by atoms with van der Waals surface area (Å²) in [5.74, 6) is -1.46. The van der Waals surface area contributed by atoms with E-state index in [1.54, 1.807) is 24.3 Å². The second-order valence-corrected chi connectivity index (χ2v) is 6.75. The van der Waals surface area contributed by atoms with Crippen LogP contribution in [0.2, 0.25) is 0 Å². The Morgan fingerprint density at radius 3 is 2.15 bits per heavy atom. The standard InChI is InChI=1S/C21H19NO4/c23-20(18-13-6-7-14(12-13)19(18)21(24)25)22-15-8-10-17(11-9-15)26-16-4-2-1-3-5-16/h1-11,13-14,18-19H,12H2,(H,22,23)(H,24,25)/p-1/t13-,14-,18+,19-/m0/s1. The van der Waals surface area contributed by atoms with E-state index in [1.807, 2.05) is 42.5 Å². The molecule has 2 aromatic carbocycles. The molecule has 0 aromatic heterocycles. The highest BCUT2D eigenvalue weighted by atomic mass is 16.5. The van der Waals surface area contributed by atoms with E-state index in [0.29, 0.717) is 17.9 Å². The summed E-state index contributed by atoms with van der Waals surface area (Å²) in [5, 5.41) is 14.3. The molecule has 0 saturated heterocycles. The van der Waals surface area contributed by atoms with Crippen LogP contribution in [0.25, 0.3) is 0 Å². The van der Waals surface area contributed by atoms with E-state index in [1.165, 1.54) is 0 Å². The van der Waals surface area contributed by atoms with Gasteiger partial charge in [0, 0.05) is 17.6 Å². The molecule has 2 aliphatic rings. The Bertz CT molecular complexity index is 844. The van der Waals surface area contributed by atoms with Crippen molar-refractivity contribution in [1.82, 2.24) is 0 Å². The Morgan fingerprint density at radius 1 is 0.885 bits per heavy atom. The van der Waals surface area contributed by atoms with Crippen LogP contribution < -0.4 is 15.2 Å². The molecular formula is C21H18NO4-. The molecule has 0 spiro atoms. The van der Waals surface area contributed by atoms with Crippen molar-refractivity contribution in [3.05, 3.63) is 66.7 Å². The third kappa shape index (κ3) is 3.08. The number of hydrogen-bond acceptors (Lipinski definition) is 4. The first-order valence-electron chi connectivity index (χ1n) is 8.65. The third-order valence-electron chi connectivity index (χ3n) is 5.13. The van der Waals surface area contributed by atoms with Gasteiger partial charge in [-0.2, -0.15) is 0 Å². The second kappa shape index (κ2) is 6.67. The Labute approximate surface area is 151 Å². The first kappa shape index (κ1) is 16.4. The number of carboxylic acids is 1. The number of allylic oxidation sites excluding steroid dienone is 2. The molecule has 2 aromatic rings. The zero-order valence-electron chi connectivity index (χ0n) is 14.0. The summed E-state index contributed by atoms with van der Waals surface area (Å²) in [6.45, 7) is 0. The van der Waals surface area contributed by atoms with Crippen LogP contribution in [0.15, 0.2) is 66.7 Å². The largest absolute Gasteiger partial charge is 0.550 e. The van der Waals surface area contributed by atoms with Gasteiger partial charge in [0.15, 0.2) is 0 Å². The summed E-state index contributed by atoms with van der Waals surface area (Å²) in [5.41, 5.74) is 0.610. The van der Waals surface area contributed by atoms with Gasteiger partial charge >= 0.3 is 0 Å².